The van der Waals surface area contributed by atoms with Crippen LogP contribution < -0.4 is 14.8 Å². The Labute approximate surface area is 152 Å². The molecule has 25 heavy (non-hydrogen) atoms. The van der Waals surface area contributed by atoms with E-state index in [4.69, 9.17) is 21.1 Å². The molecule has 0 aliphatic carbocycles. The number of ether oxygens (including phenoxy) is 2. The molecule has 132 valence electrons. The van der Waals surface area contributed by atoms with Crippen LogP contribution in [0.3, 0.4) is 0 Å². The first-order chi connectivity index (χ1) is 12.2. The van der Waals surface area contributed by atoms with E-state index in [1.807, 2.05) is 49.4 Å². The molecule has 3 rings (SSSR count). The molecule has 1 heterocycles. The number of amides is 2. The Balaban J connectivity index is 1.51. The number of rotatable bonds is 6. The zero-order chi connectivity index (χ0) is 17.6. The highest BCUT2D eigenvalue weighted by molar-refractivity contribution is 6.30. The van der Waals surface area contributed by atoms with Crippen molar-refractivity contribution in [3.63, 3.8) is 0 Å². The van der Waals surface area contributed by atoms with Crippen LogP contribution in [0.4, 0.5) is 4.79 Å². The van der Waals surface area contributed by atoms with Gasteiger partial charge in [-0.3, -0.25) is 0 Å². The van der Waals surface area contributed by atoms with Gasteiger partial charge in [0.15, 0.2) is 11.5 Å². The molecule has 0 bridgehead atoms. The zero-order valence-corrected chi connectivity index (χ0v) is 14.9. The van der Waals surface area contributed by atoms with Crippen LogP contribution in [-0.2, 0) is 13.0 Å². The average Bonchev–Trinajstić information content (AvgIpc) is 3.09. The summed E-state index contributed by atoms with van der Waals surface area (Å²) in [7, 11) is 0. The Hall–Kier alpha value is -2.40. The Kier molecular flexibility index (Phi) is 5.66. The topological polar surface area (TPSA) is 50.8 Å². The molecular formula is C19H21ClN2O3. The van der Waals surface area contributed by atoms with Gasteiger partial charge in [-0.15, -0.1) is 0 Å². The standard InChI is InChI=1S/C19H21ClN2O3/c1-2-22(12-15-5-8-17-18(11-15)25-13-24-17)19(23)21-10-9-14-3-6-16(20)7-4-14/h3-8,11H,2,9-10,12-13H2,1H3,(H,21,23). The molecule has 0 aromatic heterocycles. The number of carbonyl (C=O) groups excluding carboxylic acids is 1. The van der Waals surface area contributed by atoms with Gasteiger partial charge >= 0.3 is 6.03 Å². The third kappa shape index (κ3) is 4.57. The fraction of sp³-hybridized carbons (Fsp3) is 0.316. The molecule has 0 unspecified atom stereocenters. The second-order valence-corrected chi connectivity index (χ2v) is 6.25. The third-order valence-electron chi connectivity index (χ3n) is 4.08. The highest BCUT2D eigenvalue weighted by Gasteiger charge is 2.16. The monoisotopic (exact) mass is 360 g/mol. The number of urea groups is 1. The van der Waals surface area contributed by atoms with Crippen molar-refractivity contribution in [2.45, 2.75) is 19.9 Å². The minimum absolute atomic E-state index is 0.0749. The summed E-state index contributed by atoms with van der Waals surface area (Å²) in [6.07, 6.45) is 0.768. The molecule has 6 heteroatoms. The normalized spacial score (nSPS) is 12.1. The highest BCUT2D eigenvalue weighted by Crippen LogP contribution is 2.32. The summed E-state index contributed by atoms with van der Waals surface area (Å²) in [5, 5.41) is 3.68. The number of hydrogen-bond donors (Lipinski definition) is 1. The Morgan fingerprint density at radius 2 is 1.84 bits per heavy atom. The van der Waals surface area contributed by atoms with Gasteiger partial charge in [-0.2, -0.15) is 0 Å². The number of carbonyl (C=O) groups is 1. The fourth-order valence-electron chi connectivity index (χ4n) is 2.66. The van der Waals surface area contributed by atoms with Crippen LogP contribution in [0.25, 0.3) is 0 Å². The SMILES string of the molecule is CCN(Cc1ccc2c(c1)OCO2)C(=O)NCCc1ccc(Cl)cc1. The summed E-state index contributed by atoms with van der Waals surface area (Å²) in [5.74, 6) is 1.48. The van der Waals surface area contributed by atoms with Gasteiger partial charge in [0, 0.05) is 24.7 Å². The van der Waals surface area contributed by atoms with Crippen molar-refractivity contribution < 1.29 is 14.3 Å². The Morgan fingerprint density at radius 3 is 2.60 bits per heavy atom. The van der Waals surface area contributed by atoms with Crippen LogP contribution in [0.5, 0.6) is 11.5 Å². The number of halogens is 1. The molecule has 2 aromatic rings. The molecule has 2 aromatic carbocycles. The van der Waals surface area contributed by atoms with Crippen molar-refractivity contribution in [1.29, 1.82) is 0 Å². The lowest BCUT2D eigenvalue weighted by Gasteiger charge is -2.21. The summed E-state index contributed by atoms with van der Waals surface area (Å²) in [6, 6.07) is 13.3. The van der Waals surface area contributed by atoms with Crippen LogP contribution in [0.1, 0.15) is 18.1 Å². The second-order valence-electron chi connectivity index (χ2n) is 5.81. The molecule has 0 fully saturated rings. The Morgan fingerprint density at radius 1 is 1.12 bits per heavy atom. The van der Waals surface area contributed by atoms with Gasteiger partial charge in [0.1, 0.15) is 0 Å². The maximum atomic E-state index is 12.4. The highest BCUT2D eigenvalue weighted by atomic mass is 35.5. The number of hydrogen-bond acceptors (Lipinski definition) is 3. The molecule has 0 saturated heterocycles. The lowest BCUT2D eigenvalue weighted by molar-refractivity contribution is 0.173. The number of nitrogens with zero attached hydrogens (tertiary/aromatic N) is 1. The van der Waals surface area contributed by atoms with Gasteiger partial charge in [-0.05, 0) is 48.7 Å². The third-order valence-corrected chi connectivity index (χ3v) is 4.33. The summed E-state index contributed by atoms with van der Waals surface area (Å²) >= 11 is 5.88. The fourth-order valence-corrected chi connectivity index (χ4v) is 2.79. The van der Waals surface area contributed by atoms with E-state index in [0.717, 1.165) is 29.0 Å². The van der Waals surface area contributed by atoms with E-state index in [2.05, 4.69) is 5.32 Å². The minimum atomic E-state index is -0.0749. The van der Waals surface area contributed by atoms with Gasteiger partial charge in [0.25, 0.3) is 0 Å². The number of fused-ring (bicyclic) bond motifs is 1. The maximum Gasteiger partial charge on any atom is 0.317 e. The van der Waals surface area contributed by atoms with Crippen molar-refractivity contribution in [2.24, 2.45) is 0 Å². The first-order valence-corrected chi connectivity index (χ1v) is 8.69. The maximum absolute atomic E-state index is 12.4. The average molecular weight is 361 g/mol. The Bertz CT molecular complexity index is 734. The lowest BCUT2D eigenvalue weighted by atomic mass is 10.1. The van der Waals surface area contributed by atoms with Crippen molar-refractivity contribution >= 4 is 17.6 Å². The van der Waals surface area contributed by atoms with Crippen LogP contribution in [-0.4, -0.2) is 30.8 Å². The molecule has 1 N–H and O–H groups in total. The van der Waals surface area contributed by atoms with Crippen molar-refractivity contribution in [3.05, 3.63) is 58.6 Å². The largest absolute Gasteiger partial charge is 0.454 e. The quantitative estimate of drug-likeness (QED) is 0.851. The van der Waals surface area contributed by atoms with Crippen molar-refractivity contribution in [1.82, 2.24) is 10.2 Å². The van der Waals surface area contributed by atoms with E-state index < -0.39 is 0 Å². The van der Waals surface area contributed by atoms with E-state index in [0.29, 0.717) is 24.7 Å². The second kappa shape index (κ2) is 8.12. The van der Waals surface area contributed by atoms with E-state index >= 15 is 0 Å². The first-order valence-electron chi connectivity index (χ1n) is 8.31. The van der Waals surface area contributed by atoms with Gasteiger partial charge in [0.05, 0.1) is 0 Å². The van der Waals surface area contributed by atoms with E-state index in [1.54, 1.807) is 4.90 Å². The molecule has 0 radical (unpaired) electrons. The molecule has 5 nitrogen and oxygen atoms in total. The van der Waals surface area contributed by atoms with Gasteiger partial charge in [-0.1, -0.05) is 29.8 Å². The molecule has 0 spiro atoms. The minimum Gasteiger partial charge on any atom is -0.454 e. The smallest absolute Gasteiger partial charge is 0.317 e. The summed E-state index contributed by atoms with van der Waals surface area (Å²) in [5.41, 5.74) is 2.16. The summed E-state index contributed by atoms with van der Waals surface area (Å²) in [6.45, 7) is 3.95. The van der Waals surface area contributed by atoms with E-state index in [1.165, 1.54) is 0 Å². The van der Waals surface area contributed by atoms with Gasteiger partial charge < -0.3 is 19.7 Å². The lowest BCUT2D eigenvalue weighted by Crippen LogP contribution is -2.40. The van der Waals surface area contributed by atoms with Crippen LogP contribution in [0.15, 0.2) is 42.5 Å². The number of benzene rings is 2. The predicted molar refractivity (Wildman–Crippen MR) is 97.2 cm³/mol. The predicted octanol–water partition coefficient (Wildman–Crippen LogP) is 3.84. The number of nitrogens with one attached hydrogen (secondary N) is 1. The van der Waals surface area contributed by atoms with E-state index in [9.17, 15) is 4.79 Å². The van der Waals surface area contributed by atoms with Crippen LogP contribution in [0.2, 0.25) is 5.02 Å². The van der Waals surface area contributed by atoms with Crippen molar-refractivity contribution in [3.8, 4) is 11.5 Å². The molecule has 0 atom stereocenters. The van der Waals surface area contributed by atoms with Crippen LogP contribution in [0, 0.1) is 0 Å². The van der Waals surface area contributed by atoms with E-state index in [-0.39, 0.29) is 12.8 Å². The van der Waals surface area contributed by atoms with Crippen molar-refractivity contribution in [2.75, 3.05) is 19.9 Å². The van der Waals surface area contributed by atoms with Gasteiger partial charge in [0.2, 0.25) is 6.79 Å². The summed E-state index contributed by atoms with van der Waals surface area (Å²) < 4.78 is 10.7. The summed E-state index contributed by atoms with van der Waals surface area (Å²) in [4.78, 5) is 14.2. The van der Waals surface area contributed by atoms with Gasteiger partial charge in [-0.25, -0.2) is 4.79 Å². The van der Waals surface area contributed by atoms with Crippen LogP contribution >= 0.6 is 11.6 Å². The molecule has 1 aliphatic heterocycles. The molecular weight excluding hydrogens is 340 g/mol. The molecule has 2 amide bonds. The zero-order valence-electron chi connectivity index (χ0n) is 14.1. The molecule has 1 aliphatic rings. The first kappa shape index (κ1) is 17.4. The molecule has 0 saturated carbocycles.